The molecule has 1 atom stereocenters. The van der Waals surface area contributed by atoms with Crippen molar-refractivity contribution in [3.63, 3.8) is 0 Å². The van der Waals surface area contributed by atoms with E-state index in [0.717, 1.165) is 0 Å². The number of aromatic carboxylic acids is 1. The van der Waals surface area contributed by atoms with Crippen LogP contribution in [0.25, 0.3) is 0 Å². The molecule has 1 unspecified atom stereocenters. The summed E-state index contributed by atoms with van der Waals surface area (Å²) in [6.45, 7) is 1.51. The molecule has 1 amide bonds. The number of carboxylic acid groups (broad SMARTS) is 1. The Labute approximate surface area is 91.9 Å². The van der Waals surface area contributed by atoms with Gasteiger partial charge in [0.2, 0.25) is 5.91 Å². The van der Waals surface area contributed by atoms with E-state index in [1.54, 1.807) is 12.1 Å². The molecule has 15 heavy (non-hydrogen) atoms. The van der Waals surface area contributed by atoms with Crippen LogP contribution in [-0.4, -0.2) is 22.4 Å². The molecule has 0 bridgehead atoms. The van der Waals surface area contributed by atoms with E-state index in [4.69, 9.17) is 16.7 Å². The minimum absolute atomic E-state index is 0.0446. The zero-order valence-corrected chi connectivity index (χ0v) is 8.78. The van der Waals surface area contributed by atoms with E-state index in [1.807, 2.05) is 0 Å². The van der Waals surface area contributed by atoms with Crippen molar-refractivity contribution in [2.45, 2.75) is 12.3 Å². The van der Waals surface area contributed by atoms with E-state index in [1.165, 1.54) is 19.1 Å². The molecular weight excluding hydrogens is 218 g/mol. The summed E-state index contributed by atoms with van der Waals surface area (Å²) in [5.41, 5.74) is 0.297. The van der Waals surface area contributed by atoms with Gasteiger partial charge in [-0.15, -0.1) is 11.6 Å². The third-order valence-electron chi connectivity index (χ3n) is 1.78. The predicted octanol–water partition coefficient (Wildman–Crippen LogP) is 1.95. The van der Waals surface area contributed by atoms with Gasteiger partial charge in [-0.25, -0.2) is 4.79 Å². The first-order valence-electron chi connectivity index (χ1n) is 4.29. The van der Waals surface area contributed by atoms with Crippen molar-refractivity contribution in [2.75, 3.05) is 5.32 Å². The molecule has 0 aliphatic carbocycles. The summed E-state index contributed by atoms with van der Waals surface area (Å²) in [4.78, 5) is 22.0. The molecule has 5 heteroatoms. The van der Waals surface area contributed by atoms with Gasteiger partial charge in [-0.3, -0.25) is 4.79 Å². The van der Waals surface area contributed by atoms with Crippen LogP contribution in [0.5, 0.6) is 0 Å². The average molecular weight is 228 g/mol. The summed E-state index contributed by atoms with van der Waals surface area (Å²) in [6.07, 6.45) is 0. The minimum Gasteiger partial charge on any atom is -0.478 e. The monoisotopic (exact) mass is 227 g/mol. The number of carboxylic acids is 1. The summed E-state index contributed by atoms with van der Waals surface area (Å²) >= 11 is 5.55. The summed E-state index contributed by atoms with van der Waals surface area (Å²) < 4.78 is 0. The molecule has 0 heterocycles. The molecule has 0 fully saturated rings. The lowest BCUT2D eigenvalue weighted by Gasteiger charge is -2.08. The Morgan fingerprint density at radius 1 is 1.40 bits per heavy atom. The summed E-state index contributed by atoms with van der Waals surface area (Å²) in [5.74, 6) is -1.52. The summed E-state index contributed by atoms with van der Waals surface area (Å²) in [5, 5.41) is 10.6. The Bertz CT molecular complexity index is 390. The van der Waals surface area contributed by atoms with E-state index in [-0.39, 0.29) is 11.3 Å². The number of carbonyl (C=O) groups is 2. The van der Waals surface area contributed by atoms with Crippen LogP contribution in [0.4, 0.5) is 5.69 Å². The number of alkyl halides is 1. The highest BCUT2D eigenvalue weighted by Crippen LogP contribution is 2.15. The van der Waals surface area contributed by atoms with Crippen LogP contribution in [0.3, 0.4) is 0 Å². The standard InChI is InChI=1S/C10H10ClNO3/c1-6(11)9(13)12-8-5-3-2-4-7(8)10(14)15/h2-6H,1H3,(H,12,13)(H,14,15). The number of rotatable bonds is 3. The van der Waals surface area contributed by atoms with Gasteiger partial charge in [-0.05, 0) is 19.1 Å². The number of carbonyl (C=O) groups excluding carboxylic acids is 1. The van der Waals surface area contributed by atoms with Crippen molar-refractivity contribution in [1.29, 1.82) is 0 Å². The molecule has 1 rings (SSSR count). The molecule has 1 aromatic carbocycles. The van der Waals surface area contributed by atoms with Crippen LogP contribution in [0.2, 0.25) is 0 Å². The molecule has 0 saturated heterocycles. The van der Waals surface area contributed by atoms with E-state index < -0.39 is 17.3 Å². The Morgan fingerprint density at radius 3 is 2.53 bits per heavy atom. The largest absolute Gasteiger partial charge is 0.478 e. The highest BCUT2D eigenvalue weighted by molar-refractivity contribution is 6.32. The summed E-state index contributed by atoms with van der Waals surface area (Å²) in [6, 6.07) is 6.15. The van der Waals surface area contributed by atoms with Gasteiger partial charge >= 0.3 is 5.97 Å². The van der Waals surface area contributed by atoms with Gasteiger partial charge in [0, 0.05) is 0 Å². The second-order valence-electron chi connectivity index (χ2n) is 2.96. The molecule has 0 saturated carbocycles. The topological polar surface area (TPSA) is 66.4 Å². The third-order valence-corrected chi connectivity index (χ3v) is 1.97. The molecular formula is C10H10ClNO3. The molecule has 1 aromatic rings. The van der Waals surface area contributed by atoms with Gasteiger partial charge in [-0.1, -0.05) is 12.1 Å². The maximum Gasteiger partial charge on any atom is 0.337 e. The van der Waals surface area contributed by atoms with Crippen LogP contribution in [0.1, 0.15) is 17.3 Å². The SMILES string of the molecule is CC(Cl)C(=O)Nc1ccccc1C(=O)O. The fraction of sp³-hybridized carbons (Fsp3) is 0.200. The number of anilines is 1. The molecule has 2 N–H and O–H groups in total. The molecule has 0 aliphatic heterocycles. The molecule has 0 aliphatic rings. The van der Waals surface area contributed by atoms with Gasteiger partial charge < -0.3 is 10.4 Å². The highest BCUT2D eigenvalue weighted by Gasteiger charge is 2.14. The fourth-order valence-corrected chi connectivity index (χ4v) is 1.07. The zero-order valence-electron chi connectivity index (χ0n) is 8.03. The first kappa shape index (κ1) is 11.5. The maximum absolute atomic E-state index is 11.3. The van der Waals surface area contributed by atoms with Crippen LogP contribution in [0.15, 0.2) is 24.3 Å². The lowest BCUT2D eigenvalue weighted by atomic mass is 10.2. The van der Waals surface area contributed by atoms with Crippen molar-refractivity contribution in [1.82, 2.24) is 0 Å². The Morgan fingerprint density at radius 2 is 2.00 bits per heavy atom. The average Bonchev–Trinajstić information content (AvgIpc) is 2.18. The smallest absolute Gasteiger partial charge is 0.337 e. The van der Waals surface area contributed by atoms with E-state index in [2.05, 4.69) is 5.32 Å². The van der Waals surface area contributed by atoms with Crippen LogP contribution in [0, 0.1) is 0 Å². The minimum atomic E-state index is -1.09. The lowest BCUT2D eigenvalue weighted by Crippen LogP contribution is -2.21. The van der Waals surface area contributed by atoms with Crippen molar-refractivity contribution in [3.05, 3.63) is 29.8 Å². The quantitative estimate of drug-likeness (QED) is 0.776. The number of para-hydroxylation sites is 1. The van der Waals surface area contributed by atoms with Crippen LogP contribution in [-0.2, 0) is 4.79 Å². The lowest BCUT2D eigenvalue weighted by molar-refractivity contribution is -0.115. The van der Waals surface area contributed by atoms with Crippen molar-refractivity contribution in [2.24, 2.45) is 0 Å². The summed E-state index contributed by atoms with van der Waals surface area (Å²) in [7, 11) is 0. The van der Waals surface area contributed by atoms with Crippen molar-refractivity contribution >= 4 is 29.2 Å². The molecule has 0 radical (unpaired) electrons. The van der Waals surface area contributed by atoms with Gasteiger partial charge in [0.1, 0.15) is 5.38 Å². The number of hydrogen-bond acceptors (Lipinski definition) is 2. The van der Waals surface area contributed by atoms with E-state index in [9.17, 15) is 9.59 Å². The first-order chi connectivity index (χ1) is 7.02. The maximum atomic E-state index is 11.3. The van der Waals surface area contributed by atoms with Crippen LogP contribution < -0.4 is 5.32 Å². The molecule has 0 spiro atoms. The van der Waals surface area contributed by atoms with Gasteiger partial charge in [0.15, 0.2) is 0 Å². The molecule has 4 nitrogen and oxygen atoms in total. The third kappa shape index (κ3) is 2.95. The second-order valence-corrected chi connectivity index (χ2v) is 3.61. The molecule has 0 aromatic heterocycles. The Kier molecular flexibility index (Phi) is 3.68. The first-order valence-corrected chi connectivity index (χ1v) is 4.73. The van der Waals surface area contributed by atoms with Gasteiger partial charge in [0.05, 0.1) is 11.3 Å². The number of hydrogen-bond donors (Lipinski definition) is 2. The highest BCUT2D eigenvalue weighted by atomic mass is 35.5. The molecule has 80 valence electrons. The van der Waals surface area contributed by atoms with Crippen molar-refractivity contribution < 1.29 is 14.7 Å². The number of amides is 1. The van der Waals surface area contributed by atoms with Crippen LogP contribution >= 0.6 is 11.6 Å². The second kappa shape index (κ2) is 4.79. The van der Waals surface area contributed by atoms with Crippen molar-refractivity contribution in [3.8, 4) is 0 Å². The number of nitrogens with one attached hydrogen (secondary N) is 1. The Hall–Kier alpha value is -1.55. The Balaban J connectivity index is 2.94. The number of benzene rings is 1. The fourth-order valence-electron chi connectivity index (χ4n) is 1.01. The van der Waals surface area contributed by atoms with Gasteiger partial charge in [0.25, 0.3) is 0 Å². The van der Waals surface area contributed by atoms with Gasteiger partial charge in [-0.2, -0.15) is 0 Å². The van der Waals surface area contributed by atoms with E-state index >= 15 is 0 Å². The number of halogens is 1. The predicted molar refractivity (Wildman–Crippen MR) is 57.3 cm³/mol. The van der Waals surface area contributed by atoms with E-state index in [0.29, 0.717) is 0 Å². The normalized spacial score (nSPS) is 11.9. The zero-order chi connectivity index (χ0) is 11.4.